The molecular weight excluding hydrogens is 194 g/mol. The molecule has 3 N–H and O–H groups in total. The molecule has 5 heteroatoms. The molecule has 0 saturated heterocycles. The molecule has 0 radical (unpaired) electrons. The van der Waals surface area contributed by atoms with E-state index in [1.165, 1.54) is 0 Å². The highest BCUT2D eigenvalue weighted by Crippen LogP contribution is 2.45. The topological polar surface area (TPSA) is 81.2 Å². The lowest BCUT2D eigenvalue weighted by molar-refractivity contribution is -0.120. The largest absolute Gasteiger partial charge is 0.338 e. The lowest BCUT2D eigenvalue weighted by atomic mass is 10.1. The zero-order valence-electron chi connectivity index (χ0n) is 8.96. The zero-order valence-corrected chi connectivity index (χ0v) is 8.96. The molecular formula is C10H15N3O2. The Kier molecular flexibility index (Phi) is 2.26. The fourth-order valence-corrected chi connectivity index (χ4v) is 1.44. The van der Waals surface area contributed by atoms with Crippen LogP contribution in [-0.4, -0.2) is 17.6 Å². The van der Waals surface area contributed by atoms with Crippen molar-refractivity contribution >= 4 is 11.8 Å². The van der Waals surface area contributed by atoms with Gasteiger partial charge in [-0.2, -0.15) is 0 Å². The third-order valence-electron chi connectivity index (χ3n) is 3.11. The maximum absolute atomic E-state index is 11.8. The van der Waals surface area contributed by atoms with Gasteiger partial charge in [-0.1, -0.05) is 5.16 Å². The molecule has 1 heterocycles. The Hall–Kier alpha value is -1.36. The van der Waals surface area contributed by atoms with Crippen LogP contribution >= 0.6 is 0 Å². The Bertz CT molecular complexity index is 393. The smallest absolute Gasteiger partial charge is 0.234 e. The first-order chi connectivity index (χ1) is 7.09. The molecule has 15 heavy (non-hydrogen) atoms. The third kappa shape index (κ3) is 1.63. The number of rotatable bonds is 3. The summed E-state index contributed by atoms with van der Waals surface area (Å²) in [4.78, 5) is 11.8. The van der Waals surface area contributed by atoms with E-state index in [1.54, 1.807) is 0 Å². The van der Waals surface area contributed by atoms with Gasteiger partial charge in [-0.15, -0.1) is 0 Å². The van der Waals surface area contributed by atoms with Crippen LogP contribution < -0.4 is 11.1 Å². The summed E-state index contributed by atoms with van der Waals surface area (Å²) in [5, 5.41) is 6.51. The molecule has 5 nitrogen and oxygen atoms in total. The molecule has 82 valence electrons. The minimum absolute atomic E-state index is 0.0516. The van der Waals surface area contributed by atoms with Crippen LogP contribution in [0.4, 0.5) is 5.88 Å². The number of carbonyl (C=O) groups is 1. The van der Waals surface area contributed by atoms with Crippen molar-refractivity contribution in [2.24, 2.45) is 11.1 Å². The van der Waals surface area contributed by atoms with Gasteiger partial charge in [0.15, 0.2) is 0 Å². The number of nitrogens with zero attached hydrogens (tertiary/aromatic N) is 1. The number of nitrogens with one attached hydrogen (secondary N) is 1. The van der Waals surface area contributed by atoms with Gasteiger partial charge in [-0.05, 0) is 26.7 Å². The normalized spacial score (nSPS) is 17.5. The van der Waals surface area contributed by atoms with E-state index in [0.29, 0.717) is 12.4 Å². The summed E-state index contributed by atoms with van der Waals surface area (Å²) in [6, 6.07) is 0. The first-order valence-corrected chi connectivity index (χ1v) is 5.03. The van der Waals surface area contributed by atoms with Crippen molar-refractivity contribution in [2.45, 2.75) is 26.7 Å². The average Bonchev–Trinajstić information content (AvgIpc) is 2.97. The Morgan fingerprint density at radius 2 is 2.27 bits per heavy atom. The van der Waals surface area contributed by atoms with E-state index in [1.807, 2.05) is 13.8 Å². The molecule has 1 saturated carbocycles. The highest BCUT2D eigenvalue weighted by atomic mass is 16.5. The summed E-state index contributed by atoms with van der Waals surface area (Å²) >= 11 is 0. The standard InChI is InChI=1S/C10H15N3O2/c1-6-7(2)13-15-8(6)12-9(14)10(5-11)3-4-10/h3-5,11H2,1-2H3,(H,12,14). The highest BCUT2D eigenvalue weighted by Gasteiger charge is 2.48. The van der Waals surface area contributed by atoms with E-state index in [9.17, 15) is 4.79 Å². The van der Waals surface area contributed by atoms with Crippen LogP contribution in [-0.2, 0) is 4.79 Å². The predicted octanol–water partition coefficient (Wildman–Crippen LogP) is 0.969. The molecule has 1 amide bonds. The van der Waals surface area contributed by atoms with Crippen LogP contribution in [0.25, 0.3) is 0 Å². The van der Waals surface area contributed by atoms with E-state index in [0.717, 1.165) is 24.1 Å². The van der Waals surface area contributed by atoms with Crippen molar-refractivity contribution < 1.29 is 9.32 Å². The summed E-state index contributed by atoms with van der Waals surface area (Å²) in [7, 11) is 0. The van der Waals surface area contributed by atoms with Crippen LogP contribution in [0.5, 0.6) is 0 Å². The number of hydrogen-bond acceptors (Lipinski definition) is 4. The van der Waals surface area contributed by atoms with Gasteiger partial charge >= 0.3 is 0 Å². The van der Waals surface area contributed by atoms with Gasteiger partial charge in [-0.3, -0.25) is 10.1 Å². The maximum Gasteiger partial charge on any atom is 0.234 e. The van der Waals surface area contributed by atoms with Gasteiger partial charge in [0, 0.05) is 12.1 Å². The molecule has 1 aromatic heterocycles. The predicted molar refractivity (Wildman–Crippen MR) is 55.3 cm³/mol. The SMILES string of the molecule is Cc1noc(NC(=O)C2(CN)CC2)c1C. The summed E-state index contributed by atoms with van der Waals surface area (Å²) in [5.74, 6) is 0.390. The number of anilines is 1. The van der Waals surface area contributed by atoms with Gasteiger partial charge in [-0.25, -0.2) is 0 Å². The number of hydrogen-bond donors (Lipinski definition) is 2. The molecule has 1 aliphatic carbocycles. The molecule has 1 fully saturated rings. The monoisotopic (exact) mass is 209 g/mol. The lowest BCUT2D eigenvalue weighted by Crippen LogP contribution is -2.30. The number of carbonyl (C=O) groups excluding carboxylic acids is 1. The van der Waals surface area contributed by atoms with Crippen molar-refractivity contribution in [2.75, 3.05) is 11.9 Å². The molecule has 0 aromatic carbocycles. The minimum atomic E-state index is -0.354. The van der Waals surface area contributed by atoms with Crippen LogP contribution in [0.15, 0.2) is 4.52 Å². The summed E-state index contributed by atoms with van der Waals surface area (Å²) < 4.78 is 5.01. The van der Waals surface area contributed by atoms with Crippen LogP contribution in [0.2, 0.25) is 0 Å². The molecule has 0 bridgehead atoms. The second kappa shape index (κ2) is 3.34. The van der Waals surface area contributed by atoms with Crippen molar-refractivity contribution in [1.29, 1.82) is 0 Å². The van der Waals surface area contributed by atoms with Gasteiger partial charge in [0.2, 0.25) is 11.8 Å². The quantitative estimate of drug-likeness (QED) is 0.777. The summed E-state index contributed by atoms with van der Waals surface area (Å²) in [6.45, 7) is 4.10. The van der Waals surface area contributed by atoms with Gasteiger partial charge in [0.25, 0.3) is 0 Å². The Morgan fingerprint density at radius 1 is 1.60 bits per heavy atom. The summed E-state index contributed by atoms with van der Waals surface area (Å²) in [5.41, 5.74) is 6.87. The van der Waals surface area contributed by atoms with E-state index in [2.05, 4.69) is 10.5 Å². The van der Waals surface area contributed by atoms with Crippen LogP contribution in [0.1, 0.15) is 24.1 Å². The van der Waals surface area contributed by atoms with E-state index >= 15 is 0 Å². The number of amides is 1. The maximum atomic E-state index is 11.8. The molecule has 0 unspecified atom stereocenters. The van der Waals surface area contributed by atoms with Gasteiger partial charge in [0.05, 0.1) is 11.1 Å². The second-order valence-corrected chi connectivity index (χ2v) is 4.16. The van der Waals surface area contributed by atoms with E-state index < -0.39 is 0 Å². The first kappa shape index (κ1) is 10.2. The molecule has 1 aliphatic rings. The third-order valence-corrected chi connectivity index (χ3v) is 3.11. The zero-order chi connectivity index (χ0) is 11.1. The van der Waals surface area contributed by atoms with Gasteiger partial charge < -0.3 is 10.3 Å². The fourth-order valence-electron chi connectivity index (χ4n) is 1.44. The van der Waals surface area contributed by atoms with Crippen molar-refractivity contribution in [3.8, 4) is 0 Å². The molecule has 0 aliphatic heterocycles. The number of aryl methyl sites for hydroxylation is 1. The molecule has 2 rings (SSSR count). The first-order valence-electron chi connectivity index (χ1n) is 5.03. The Balaban J connectivity index is 2.10. The summed E-state index contributed by atoms with van der Waals surface area (Å²) in [6.07, 6.45) is 1.73. The molecule has 0 atom stereocenters. The van der Waals surface area contributed by atoms with E-state index in [4.69, 9.17) is 10.3 Å². The highest BCUT2D eigenvalue weighted by molar-refractivity contribution is 5.96. The van der Waals surface area contributed by atoms with E-state index in [-0.39, 0.29) is 11.3 Å². The van der Waals surface area contributed by atoms with Crippen molar-refractivity contribution in [1.82, 2.24) is 5.16 Å². The number of aromatic nitrogens is 1. The van der Waals surface area contributed by atoms with Crippen molar-refractivity contribution in [3.63, 3.8) is 0 Å². The lowest BCUT2D eigenvalue weighted by Gasteiger charge is -2.10. The Morgan fingerprint density at radius 3 is 2.67 bits per heavy atom. The van der Waals surface area contributed by atoms with Crippen LogP contribution in [0.3, 0.4) is 0 Å². The van der Waals surface area contributed by atoms with Crippen molar-refractivity contribution in [3.05, 3.63) is 11.3 Å². The molecule has 0 spiro atoms. The fraction of sp³-hybridized carbons (Fsp3) is 0.600. The second-order valence-electron chi connectivity index (χ2n) is 4.16. The average molecular weight is 209 g/mol. The Labute approximate surface area is 88.0 Å². The minimum Gasteiger partial charge on any atom is -0.338 e. The van der Waals surface area contributed by atoms with Crippen LogP contribution in [0, 0.1) is 19.3 Å². The number of nitrogens with two attached hydrogens (primary N) is 1. The van der Waals surface area contributed by atoms with Gasteiger partial charge in [0.1, 0.15) is 0 Å². The molecule has 1 aromatic rings.